The highest BCUT2D eigenvalue weighted by Gasteiger charge is 2.15. The molecule has 0 saturated heterocycles. The lowest BCUT2D eigenvalue weighted by atomic mass is 10.1. The predicted octanol–water partition coefficient (Wildman–Crippen LogP) is 1.97. The van der Waals surface area contributed by atoms with Crippen molar-refractivity contribution in [3.63, 3.8) is 0 Å². The summed E-state index contributed by atoms with van der Waals surface area (Å²) < 4.78 is 0. The van der Waals surface area contributed by atoms with E-state index in [2.05, 4.69) is 16.7 Å². The zero-order valence-corrected chi connectivity index (χ0v) is 12.5. The lowest BCUT2D eigenvalue weighted by molar-refractivity contribution is -0.385. The standard InChI is InChI=1S/C14H17N3O3.ClH/c1-10-2-3-12(8-13(10)17(19)20)14(18)16-9-11-4-6-15-7-5-11;/h2-4,8,15H,5-7,9H2,1H3,(H,16,18);1H. The molecular weight excluding hydrogens is 294 g/mol. The first kappa shape index (κ1) is 17.1. The van der Waals surface area contributed by atoms with Gasteiger partial charge in [0.2, 0.25) is 0 Å². The number of nitro benzene ring substituents is 1. The minimum Gasteiger partial charge on any atom is -0.348 e. The van der Waals surface area contributed by atoms with Crippen LogP contribution in [0, 0.1) is 17.0 Å². The highest BCUT2D eigenvalue weighted by molar-refractivity contribution is 5.95. The van der Waals surface area contributed by atoms with Crippen molar-refractivity contribution in [3.8, 4) is 0 Å². The van der Waals surface area contributed by atoms with E-state index in [1.54, 1.807) is 19.1 Å². The van der Waals surface area contributed by atoms with Gasteiger partial charge < -0.3 is 10.6 Å². The Labute approximate surface area is 129 Å². The molecule has 1 amide bonds. The van der Waals surface area contributed by atoms with Crippen LogP contribution in [-0.4, -0.2) is 30.5 Å². The molecule has 7 heteroatoms. The zero-order chi connectivity index (χ0) is 14.5. The molecule has 0 unspecified atom stereocenters. The van der Waals surface area contributed by atoms with Gasteiger partial charge in [0.15, 0.2) is 0 Å². The van der Waals surface area contributed by atoms with Crippen LogP contribution >= 0.6 is 12.4 Å². The maximum absolute atomic E-state index is 12.0. The molecule has 2 rings (SSSR count). The maximum atomic E-state index is 12.0. The minimum absolute atomic E-state index is 0. The molecule has 0 atom stereocenters. The molecule has 114 valence electrons. The molecule has 0 aromatic heterocycles. The molecule has 1 aromatic rings. The Hall–Kier alpha value is -1.92. The zero-order valence-electron chi connectivity index (χ0n) is 11.7. The molecule has 1 heterocycles. The Balaban J connectivity index is 0.00000220. The van der Waals surface area contributed by atoms with E-state index < -0.39 is 4.92 Å². The largest absolute Gasteiger partial charge is 0.348 e. The lowest BCUT2D eigenvalue weighted by Crippen LogP contribution is -2.29. The van der Waals surface area contributed by atoms with Crippen LogP contribution in [-0.2, 0) is 0 Å². The molecule has 0 fully saturated rings. The molecule has 0 saturated carbocycles. The second-order valence-corrected chi connectivity index (χ2v) is 4.76. The molecule has 6 nitrogen and oxygen atoms in total. The van der Waals surface area contributed by atoms with E-state index in [1.165, 1.54) is 11.6 Å². The first-order chi connectivity index (χ1) is 9.58. The second-order valence-electron chi connectivity index (χ2n) is 4.76. The predicted molar refractivity (Wildman–Crippen MR) is 83.0 cm³/mol. The monoisotopic (exact) mass is 311 g/mol. The molecule has 2 N–H and O–H groups in total. The Bertz CT molecular complexity index is 573. The number of halogens is 1. The smallest absolute Gasteiger partial charge is 0.273 e. The van der Waals surface area contributed by atoms with Crippen molar-refractivity contribution in [1.82, 2.24) is 10.6 Å². The topological polar surface area (TPSA) is 84.3 Å². The second kappa shape index (κ2) is 7.75. The molecule has 0 bridgehead atoms. The molecular formula is C14H18ClN3O3. The first-order valence-electron chi connectivity index (χ1n) is 6.50. The number of carbonyl (C=O) groups excluding carboxylic acids is 1. The number of amides is 1. The van der Waals surface area contributed by atoms with E-state index in [9.17, 15) is 14.9 Å². The summed E-state index contributed by atoms with van der Waals surface area (Å²) in [5, 5.41) is 16.9. The van der Waals surface area contributed by atoms with E-state index in [0.29, 0.717) is 17.7 Å². The minimum atomic E-state index is -0.471. The van der Waals surface area contributed by atoms with Crippen LogP contribution in [0.3, 0.4) is 0 Å². The molecule has 0 spiro atoms. The normalized spacial score (nSPS) is 13.9. The van der Waals surface area contributed by atoms with E-state index in [-0.39, 0.29) is 24.0 Å². The van der Waals surface area contributed by atoms with Crippen molar-refractivity contribution in [2.24, 2.45) is 0 Å². The van der Waals surface area contributed by atoms with Crippen LogP contribution < -0.4 is 10.6 Å². The number of hydrogen-bond donors (Lipinski definition) is 2. The van der Waals surface area contributed by atoms with Crippen molar-refractivity contribution < 1.29 is 9.72 Å². The summed E-state index contributed by atoms with van der Waals surface area (Å²) in [6.45, 7) is 3.88. The SMILES string of the molecule is Cc1ccc(C(=O)NCC2=CCNCC2)cc1[N+](=O)[O-].Cl. The van der Waals surface area contributed by atoms with Crippen LogP contribution in [0.5, 0.6) is 0 Å². The third kappa shape index (κ3) is 4.54. The van der Waals surface area contributed by atoms with Crippen molar-refractivity contribution in [2.45, 2.75) is 13.3 Å². The number of nitro groups is 1. The van der Waals surface area contributed by atoms with E-state index in [0.717, 1.165) is 19.5 Å². The molecule has 0 radical (unpaired) electrons. The average molecular weight is 312 g/mol. The van der Waals surface area contributed by atoms with Gasteiger partial charge in [-0.05, 0) is 26.0 Å². The highest BCUT2D eigenvalue weighted by Crippen LogP contribution is 2.19. The van der Waals surface area contributed by atoms with Crippen LogP contribution in [0.1, 0.15) is 22.3 Å². The molecule has 0 aliphatic carbocycles. The Kier molecular flexibility index (Phi) is 6.33. The quantitative estimate of drug-likeness (QED) is 0.506. The Morgan fingerprint density at radius 1 is 1.48 bits per heavy atom. The van der Waals surface area contributed by atoms with Gasteiger partial charge in [-0.1, -0.05) is 17.7 Å². The van der Waals surface area contributed by atoms with Gasteiger partial charge in [0.25, 0.3) is 11.6 Å². The van der Waals surface area contributed by atoms with Crippen LogP contribution in [0.4, 0.5) is 5.69 Å². The third-order valence-corrected chi connectivity index (χ3v) is 3.30. The summed E-state index contributed by atoms with van der Waals surface area (Å²) in [6.07, 6.45) is 2.97. The van der Waals surface area contributed by atoms with Crippen molar-refractivity contribution in [3.05, 3.63) is 51.1 Å². The van der Waals surface area contributed by atoms with Crippen molar-refractivity contribution >= 4 is 24.0 Å². The highest BCUT2D eigenvalue weighted by atomic mass is 35.5. The van der Waals surface area contributed by atoms with E-state index in [1.807, 2.05) is 0 Å². The summed E-state index contributed by atoms with van der Waals surface area (Å²) in [6, 6.07) is 4.52. The van der Waals surface area contributed by atoms with Gasteiger partial charge in [0, 0.05) is 30.3 Å². The number of nitrogens with one attached hydrogen (secondary N) is 2. The van der Waals surface area contributed by atoms with Crippen LogP contribution in [0.15, 0.2) is 29.8 Å². The lowest BCUT2D eigenvalue weighted by Gasteiger charge is -2.14. The number of nitrogens with zero attached hydrogens (tertiary/aromatic N) is 1. The molecule has 1 aliphatic heterocycles. The van der Waals surface area contributed by atoms with Crippen LogP contribution in [0.2, 0.25) is 0 Å². The number of aryl methyl sites for hydroxylation is 1. The number of hydrogen-bond acceptors (Lipinski definition) is 4. The van der Waals surface area contributed by atoms with Gasteiger partial charge in [-0.3, -0.25) is 14.9 Å². The number of rotatable bonds is 4. The first-order valence-corrected chi connectivity index (χ1v) is 6.50. The maximum Gasteiger partial charge on any atom is 0.273 e. The molecule has 1 aromatic carbocycles. The Morgan fingerprint density at radius 2 is 2.24 bits per heavy atom. The summed E-state index contributed by atoms with van der Waals surface area (Å²) in [7, 11) is 0. The summed E-state index contributed by atoms with van der Waals surface area (Å²) in [5.41, 5.74) is 2.02. The summed E-state index contributed by atoms with van der Waals surface area (Å²) >= 11 is 0. The van der Waals surface area contributed by atoms with E-state index >= 15 is 0 Å². The van der Waals surface area contributed by atoms with Gasteiger partial charge in [0.1, 0.15) is 0 Å². The fourth-order valence-corrected chi connectivity index (χ4v) is 2.07. The molecule has 1 aliphatic rings. The van der Waals surface area contributed by atoms with Gasteiger partial charge in [-0.2, -0.15) is 0 Å². The summed E-state index contributed by atoms with van der Waals surface area (Å²) in [5.74, 6) is -0.285. The van der Waals surface area contributed by atoms with Crippen molar-refractivity contribution in [1.29, 1.82) is 0 Å². The fraction of sp³-hybridized carbons (Fsp3) is 0.357. The van der Waals surface area contributed by atoms with Crippen molar-refractivity contribution in [2.75, 3.05) is 19.6 Å². The van der Waals surface area contributed by atoms with Gasteiger partial charge in [-0.25, -0.2) is 0 Å². The third-order valence-electron chi connectivity index (χ3n) is 3.30. The van der Waals surface area contributed by atoms with E-state index in [4.69, 9.17) is 0 Å². The molecule has 21 heavy (non-hydrogen) atoms. The van der Waals surface area contributed by atoms with Gasteiger partial charge in [-0.15, -0.1) is 12.4 Å². The average Bonchev–Trinajstić information content (AvgIpc) is 2.46. The fourth-order valence-electron chi connectivity index (χ4n) is 2.07. The Morgan fingerprint density at radius 3 is 2.86 bits per heavy atom. The van der Waals surface area contributed by atoms with Crippen LogP contribution in [0.25, 0.3) is 0 Å². The van der Waals surface area contributed by atoms with Gasteiger partial charge >= 0.3 is 0 Å². The van der Waals surface area contributed by atoms with Gasteiger partial charge in [0.05, 0.1) is 4.92 Å². The summed E-state index contributed by atoms with van der Waals surface area (Å²) in [4.78, 5) is 22.4. The number of carbonyl (C=O) groups is 1. The number of benzene rings is 1.